The largest absolute Gasteiger partial charge is 0.392 e. The minimum atomic E-state index is -0.195. The lowest BCUT2D eigenvalue weighted by Crippen LogP contribution is -2.56. The first-order valence-electron chi connectivity index (χ1n) is 6.38. The molecule has 0 spiro atoms. The number of hydrogen-bond donors (Lipinski definition) is 1. The summed E-state index contributed by atoms with van der Waals surface area (Å²) in [7, 11) is 0. The van der Waals surface area contributed by atoms with Gasteiger partial charge >= 0.3 is 0 Å². The minimum Gasteiger partial charge on any atom is -0.392 e. The highest BCUT2D eigenvalue weighted by Gasteiger charge is 2.50. The molecule has 1 fully saturated rings. The van der Waals surface area contributed by atoms with Gasteiger partial charge in [-0.15, -0.1) is 0 Å². The van der Waals surface area contributed by atoms with Crippen molar-refractivity contribution in [2.45, 2.75) is 52.7 Å². The van der Waals surface area contributed by atoms with Gasteiger partial charge in [0.25, 0.3) is 0 Å². The van der Waals surface area contributed by atoms with Gasteiger partial charge in [-0.1, -0.05) is 27.7 Å². The molecule has 3 atom stereocenters. The molecule has 0 aromatic rings. The Labute approximate surface area is 99.1 Å². The fourth-order valence-electron chi connectivity index (χ4n) is 2.09. The molecule has 0 bridgehead atoms. The van der Waals surface area contributed by atoms with Gasteiger partial charge in [-0.05, 0) is 12.3 Å². The predicted octanol–water partition coefficient (Wildman–Crippen LogP) is 2.23. The van der Waals surface area contributed by atoms with E-state index in [1.165, 1.54) is 0 Å². The average molecular weight is 230 g/mol. The molecule has 1 aliphatic carbocycles. The van der Waals surface area contributed by atoms with E-state index >= 15 is 0 Å². The minimum absolute atomic E-state index is 0.0436. The van der Waals surface area contributed by atoms with Gasteiger partial charge in [0.1, 0.15) is 0 Å². The van der Waals surface area contributed by atoms with Gasteiger partial charge in [0.15, 0.2) is 0 Å². The summed E-state index contributed by atoms with van der Waals surface area (Å²) >= 11 is 0. The average Bonchev–Trinajstić information content (AvgIpc) is 2.25. The molecule has 96 valence electrons. The van der Waals surface area contributed by atoms with Crippen molar-refractivity contribution >= 4 is 0 Å². The van der Waals surface area contributed by atoms with E-state index in [4.69, 9.17) is 9.47 Å². The Kier molecular flexibility index (Phi) is 5.22. The van der Waals surface area contributed by atoms with E-state index in [1.54, 1.807) is 0 Å². The Morgan fingerprint density at radius 1 is 1.38 bits per heavy atom. The Morgan fingerprint density at radius 3 is 2.56 bits per heavy atom. The van der Waals surface area contributed by atoms with Gasteiger partial charge in [0.05, 0.1) is 25.4 Å². The van der Waals surface area contributed by atoms with Gasteiger partial charge in [-0.2, -0.15) is 0 Å². The molecular weight excluding hydrogens is 204 g/mol. The van der Waals surface area contributed by atoms with Gasteiger partial charge < -0.3 is 14.6 Å². The van der Waals surface area contributed by atoms with E-state index < -0.39 is 0 Å². The van der Waals surface area contributed by atoms with Crippen LogP contribution in [-0.4, -0.2) is 37.1 Å². The SMILES string of the molecule is CCC1(C)C(O)CC1OCCOCC(C)C. The van der Waals surface area contributed by atoms with Crippen molar-refractivity contribution in [3.63, 3.8) is 0 Å². The predicted molar refractivity (Wildman–Crippen MR) is 64.4 cm³/mol. The summed E-state index contributed by atoms with van der Waals surface area (Å²) < 4.78 is 11.2. The summed E-state index contributed by atoms with van der Waals surface area (Å²) in [6.45, 7) is 10.6. The molecule has 0 aromatic carbocycles. The molecule has 3 unspecified atom stereocenters. The summed E-state index contributed by atoms with van der Waals surface area (Å²) in [6.07, 6.45) is 1.74. The van der Waals surface area contributed by atoms with Crippen LogP contribution in [0, 0.1) is 11.3 Å². The van der Waals surface area contributed by atoms with Crippen molar-refractivity contribution in [1.82, 2.24) is 0 Å². The van der Waals surface area contributed by atoms with Crippen LogP contribution in [0.1, 0.15) is 40.5 Å². The maximum atomic E-state index is 9.70. The van der Waals surface area contributed by atoms with Crippen molar-refractivity contribution in [2.75, 3.05) is 19.8 Å². The normalized spacial score (nSPS) is 34.1. The van der Waals surface area contributed by atoms with Crippen molar-refractivity contribution in [3.8, 4) is 0 Å². The molecule has 1 N–H and O–H groups in total. The first-order chi connectivity index (χ1) is 7.50. The molecule has 1 saturated carbocycles. The topological polar surface area (TPSA) is 38.7 Å². The molecule has 0 radical (unpaired) electrons. The van der Waals surface area contributed by atoms with Gasteiger partial charge in [0, 0.05) is 18.4 Å². The standard InChI is InChI=1S/C13H26O3/c1-5-13(4)11(14)8-12(13)16-7-6-15-9-10(2)3/h10-12,14H,5-9H2,1-4H3. The van der Waals surface area contributed by atoms with Crippen LogP contribution < -0.4 is 0 Å². The second kappa shape index (κ2) is 5.99. The molecule has 0 saturated heterocycles. The van der Waals surface area contributed by atoms with Gasteiger partial charge in [-0.3, -0.25) is 0 Å². The number of rotatable bonds is 7. The van der Waals surface area contributed by atoms with Crippen molar-refractivity contribution in [2.24, 2.45) is 11.3 Å². The van der Waals surface area contributed by atoms with Crippen molar-refractivity contribution in [3.05, 3.63) is 0 Å². The van der Waals surface area contributed by atoms with E-state index in [-0.39, 0.29) is 17.6 Å². The van der Waals surface area contributed by atoms with Crippen molar-refractivity contribution in [1.29, 1.82) is 0 Å². The van der Waals surface area contributed by atoms with Crippen LogP contribution in [0.4, 0.5) is 0 Å². The molecule has 0 aromatic heterocycles. The Morgan fingerprint density at radius 2 is 2.06 bits per heavy atom. The summed E-state index contributed by atoms with van der Waals surface area (Å²) in [5.74, 6) is 0.575. The van der Waals surface area contributed by atoms with E-state index in [9.17, 15) is 5.11 Å². The highest BCUT2D eigenvalue weighted by atomic mass is 16.5. The third-order valence-corrected chi connectivity index (χ3v) is 3.69. The van der Waals surface area contributed by atoms with E-state index in [2.05, 4.69) is 27.7 Å². The Balaban J connectivity index is 2.10. The lowest BCUT2D eigenvalue weighted by molar-refractivity contribution is -0.189. The molecule has 3 heteroatoms. The maximum absolute atomic E-state index is 9.70. The van der Waals surface area contributed by atoms with Gasteiger partial charge in [0.2, 0.25) is 0 Å². The smallest absolute Gasteiger partial charge is 0.0704 e. The molecule has 0 aliphatic heterocycles. The fraction of sp³-hybridized carbons (Fsp3) is 1.00. The van der Waals surface area contributed by atoms with E-state index in [0.29, 0.717) is 19.1 Å². The summed E-state index contributed by atoms with van der Waals surface area (Å²) in [5.41, 5.74) is -0.0436. The van der Waals surface area contributed by atoms with Crippen molar-refractivity contribution < 1.29 is 14.6 Å². The highest BCUT2D eigenvalue weighted by Crippen LogP contribution is 2.45. The number of aliphatic hydroxyl groups excluding tert-OH is 1. The number of hydrogen-bond acceptors (Lipinski definition) is 3. The molecule has 1 aliphatic rings. The molecule has 0 amide bonds. The monoisotopic (exact) mass is 230 g/mol. The Hall–Kier alpha value is -0.120. The fourth-order valence-corrected chi connectivity index (χ4v) is 2.09. The van der Waals surface area contributed by atoms with Crippen LogP contribution in [0.3, 0.4) is 0 Å². The van der Waals surface area contributed by atoms with Gasteiger partial charge in [-0.25, -0.2) is 0 Å². The second-order valence-electron chi connectivity index (χ2n) is 5.44. The van der Waals surface area contributed by atoms with E-state index in [1.807, 2.05) is 0 Å². The molecular formula is C13H26O3. The lowest BCUT2D eigenvalue weighted by atomic mass is 9.63. The zero-order valence-electron chi connectivity index (χ0n) is 11.0. The Bertz CT molecular complexity index is 205. The summed E-state index contributed by atoms with van der Waals surface area (Å²) in [6, 6.07) is 0. The van der Waals surface area contributed by atoms with Crippen LogP contribution in [0.15, 0.2) is 0 Å². The maximum Gasteiger partial charge on any atom is 0.0704 e. The third kappa shape index (κ3) is 3.19. The van der Waals surface area contributed by atoms with Crippen LogP contribution in [-0.2, 0) is 9.47 Å². The highest BCUT2D eigenvalue weighted by molar-refractivity contribution is 5.00. The summed E-state index contributed by atoms with van der Waals surface area (Å²) in [5, 5.41) is 9.70. The molecule has 0 heterocycles. The second-order valence-corrected chi connectivity index (χ2v) is 5.44. The first kappa shape index (κ1) is 13.9. The number of ether oxygens (including phenoxy) is 2. The molecule has 16 heavy (non-hydrogen) atoms. The quantitative estimate of drug-likeness (QED) is 0.682. The third-order valence-electron chi connectivity index (χ3n) is 3.69. The molecule has 3 nitrogen and oxygen atoms in total. The first-order valence-corrected chi connectivity index (χ1v) is 6.38. The lowest BCUT2D eigenvalue weighted by Gasteiger charge is -2.50. The van der Waals surface area contributed by atoms with E-state index in [0.717, 1.165) is 19.4 Å². The van der Waals surface area contributed by atoms with Crippen LogP contribution in [0.2, 0.25) is 0 Å². The zero-order valence-corrected chi connectivity index (χ0v) is 11.0. The summed E-state index contributed by atoms with van der Waals surface area (Å²) in [4.78, 5) is 0. The molecule has 1 rings (SSSR count). The number of aliphatic hydroxyl groups is 1. The van der Waals surface area contributed by atoms with Crippen LogP contribution in [0.5, 0.6) is 0 Å². The van der Waals surface area contributed by atoms with Crippen LogP contribution >= 0.6 is 0 Å². The zero-order chi connectivity index (χ0) is 12.2. The van der Waals surface area contributed by atoms with Crippen LogP contribution in [0.25, 0.3) is 0 Å².